The summed E-state index contributed by atoms with van der Waals surface area (Å²) in [6, 6.07) is 2.21. The molecule has 2 N–H and O–H groups in total. The highest BCUT2D eigenvalue weighted by Gasteiger charge is 2.30. The normalized spacial score (nSPS) is 29.9. The van der Waals surface area contributed by atoms with Crippen LogP contribution in [0.2, 0.25) is 0 Å². The van der Waals surface area contributed by atoms with Crippen molar-refractivity contribution in [3.63, 3.8) is 0 Å². The number of aromatic nitrogens is 1. The Morgan fingerprint density at radius 1 is 1.35 bits per heavy atom. The maximum absolute atomic E-state index is 6.63. The number of pyridine rings is 1. The molecule has 1 aliphatic carbocycles. The van der Waals surface area contributed by atoms with Gasteiger partial charge in [-0.1, -0.05) is 32.3 Å². The summed E-state index contributed by atoms with van der Waals surface area (Å²) in [5.74, 6) is 0.873. The van der Waals surface area contributed by atoms with Gasteiger partial charge in [-0.3, -0.25) is 4.98 Å². The maximum atomic E-state index is 6.63. The molecule has 1 heterocycles. The lowest BCUT2D eigenvalue weighted by molar-refractivity contribution is 0.370. The Hall–Kier alpha value is -0.890. The van der Waals surface area contributed by atoms with E-state index in [0.29, 0.717) is 0 Å². The van der Waals surface area contributed by atoms with Crippen LogP contribution in [0.5, 0.6) is 0 Å². The third kappa shape index (κ3) is 2.86. The lowest BCUT2D eigenvalue weighted by Gasteiger charge is -2.28. The topological polar surface area (TPSA) is 38.9 Å². The molecule has 1 fully saturated rings. The van der Waals surface area contributed by atoms with Crippen molar-refractivity contribution >= 4 is 0 Å². The van der Waals surface area contributed by atoms with E-state index in [1.54, 1.807) is 0 Å². The fourth-order valence-corrected chi connectivity index (χ4v) is 2.96. The number of hydrogen-bond acceptors (Lipinski definition) is 2. The van der Waals surface area contributed by atoms with Crippen molar-refractivity contribution < 1.29 is 0 Å². The smallest absolute Gasteiger partial charge is 0.0425 e. The van der Waals surface area contributed by atoms with Crippen molar-refractivity contribution in [2.24, 2.45) is 11.7 Å². The average molecular weight is 232 g/mol. The molecule has 2 rings (SSSR count). The summed E-state index contributed by atoms with van der Waals surface area (Å²) in [5, 5.41) is 0. The molecule has 0 aliphatic heterocycles. The van der Waals surface area contributed by atoms with E-state index in [1.807, 2.05) is 12.4 Å². The number of nitrogens with zero attached hydrogens (tertiary/aromatic N) is 1. The highest BCUT2D eigenvalue weighted by Crippen LogP contribution is 2.36. The maximum Gasteiger partial charge on any atom is 0.0425 e. The number of aryl methyl sites for hydroxylation is 1. The second-order valence-electron chi connectivity index (χ2n) is 5.61. The number of hydrogen-bond donors (Lipinski definition) is 1. The lowest BCUT2D eigenvalue weighted by Crippen LogP contribution is -2.36. The van der Waals surface area contributed by atoms with Crippen molar-refractivity contribution in [3.05, 3.63) is 29.6 Å². The SMILES string of the molecule is CCC1CCCC(N)(c2cncc(C)c2)CC1. The predicted molar refractivity (Wildman–Crippen MR) is 71.7 cm³/mol. The highest BCUT2D eigenvalue weighted by molar-refractivity contribution is 5.24. The molecule has 2 atom stereocenters. The summed E-state index contributed by atoms with van der Waals surface area (Å²) < 4.78 is 0. The minimum absolute atomic E-state index is 0.136. The van der Waals surface area contributed by atoms with Gasteiger partial charge in [0.2, 0.25) is 0 Å². The van der Waals surface area contributed by atoms with Gasteiger partial charge in [0.15, 0.2) is 0 Å². The van der Waals surface area contributed by atoms with E-state index in [4.69, 9.17) is 5.73 Å². The summed E-state index contributed by atoms with van der Waals surface area (Å²) in [6.07, 6.45) is 11.2. The Morgan fingerprint density at radius 3 is 2.88 bits per heavy atom. The molecule has 94 valence electrons. The molecule has 0 saturated heterocycles. The molecular formula is C15H24N2. The van der Waals surface area contributed by atoms with Gasteiger partial charge in [-0.15, -0.1) is 0 Å². The van der Waals surface area contributed by atoms with Crippen LogP contribution in [0.15, 0.2) is 18.5 Å². The summed E-state index contributed by atoms with van der Waals surface area (Å²) in [5.41, 5.74) is 8.93. The van der Waals surface area contributed by atoms with E-state index >= 15 is 0 Å². The second-order valence-corrected chi connectivity index (χ2v) is 5.61. The summed E-state index contributed by atoms with van der Waals surface area (Å²) in [7, 11) is 0. The first-order valence-corrected chi connectivity index (χ1v) is 6.85. The molecule has 2 nitrogen and oxygen atoms in total. The Balaban J connectivity index is 2.18. The fourth-order valence-electron chi connectivity index (χ4n) is 2.96. The number of nitrogens with two attached hydrogens (primary N) is 1. The molecular weight excluding hydrogens is 208 g/mol. The monoisotopic (exact) mass is 232 g/mol. The molecule has 0 aromatic carbocycles. The first-order chi connectivity index (χ1) is 8.14. The van der Waals surface area contributed by atoms with Gasteiger partial charge in [-0.25, -0.2) is 0 Å². The summed E-state index contributed by atoms with van der Waals surface area (Å²) >= 11 is 0. The van der Waals surface area contributed by atoms with E-state index in [2.05, 4.69) is 24.9 Å². The van der Waals surface area contributed by atoms with Gasteiger partial charge < -0.3 is 5.73 Å². The number of rotatable bonds is 2. The largest absolute Gasteiger partial charge is 0.321 e. The van der Waals surface area contributed by atoms with Crippen molar-refractivity contribution in [1.82, 2.24) is 4.98 Å². The first-order valence-electron chi connectivity index (χ1n) is 6.85. The summed E-state index contributed by atoms with van der Waals surface area (Å²) in [6.45, 7) is 4.38. The van der Waals surface area contributed by atoms with Gasteiger partial charge in [0.05, 0.1) is 0 Å². The molecule has 2 heteroatoms. The fraction of sp³-hybridized carbons (Fsp3) is 0.667. The zero-order valence-corrected chi connectivity index (χ0v) is 11.1. The quantitative estimate of drug-likeness (QED) is 0.792. The van der Waals surface area contributed by atoms with E-state index in [9.17, 15) is 0 Å². The van der Waals surface area contributed by atoms with E-state index in [1.165, 1.54) is 36.8 Å². The van der Waals surface area contributed by atoms with E-state index in [-0.39, 0.29) is 5.54 Å². The van der Waals surface area contributed by atoms with Gasteiger partial charge in [-0.05, 0) is 43.2 Å². The Kier molecular flexibility index (Phi) is 3.82. The summed E-state index contributed by atoms with van der Waals surface area (Å²) in [4.78, 5) is 4.29. The van der Waals surface area contributed by atoms with Crippen LogP contribution in [0.3, 0.4) is 0 Å². The molecule has 1 aromatic rings. The van der Waals surface area contributed by atoms with E-state index in [0.717, 1.165) is 18.8 Å². The lowest BCUT2D eigenvalue weighted by atomic mass is 9.84. The van der Waals surface area contributed by atoms with Gasteiger partial charge in [0.25, 0.3) is 0 Å². The average Bonchev–Trinajstić information content (AvgIpc) is 2.52. The molecule has 0 amide bonds. The minimum atomic E-state index is -0.136. The van der Waals surface area contributed by atoms with Gasteiger partial charge >= 0.3 is 0 Å². The van der Waals surface area contributed by atoms with E-state index < -0.39 is 0 Å². The first kappa shape index (κ1) is 12.6. The van der Waals surface area contributed by atoms with Gasteiger partial charge in [0, 0.05) is 17.9 Å². The zero-order valence-electron chi connectivity index (χ0n) is 11.1. The Bertz CT molecular complexity index is 375. The van der Waals surface area contributed by atoms with Gasteiger partial charge in [0.1, 0.15) is 0 Å². The Morgan fingerprint density at radius 2 is 2.18 bits per heavy atom. The third-order valence-corrected chi connectivity index (χ3v) is 4.26. The Labute approximate surface area is 105 Å². The van der Waals surface area contributed by atoms with Crippen molar-refractivity contribution in [2.75, 3.05) is 0 Å². The third-order valence-electron chi connectivity index (χ3n) is 4.26. The van der Waals surface area contributed by atoms with Crippen LogP contribution in [-0.4, -0.2) is 4.98 Å². The van der Waals surface area contributed by atoms with Crippen LogP contribution in [0.4, 0.5) is 0 Å². The predicted octanol–water partition coefficient (Wildman–Crippen LogP) is 3.53. The van der Waals surface area contributed by atoms with Crippen LogP contribution >= 0.6 is 0 Å². The standard InChI is InChI=1S/C15H24N2/c1-3-13-5-4-7-15(16,8-6-13)14-9-12(2)10-17-11-14/h9-11,13H,3-8,16H2,1-2H3. The zero-order chi connectivity index (χ0) is 12.3. The second kappa shape index (κ2) is 5.18. The highest BCUT2D eigenvalue weighted by atomic mass is 14.8. The molecule has 2 unspecified atom stereocenters. The molecule has 0 radical (unpaired) electrons. The molecule has 0 bridgehead atoms. The van der Waals surface area contributed by atoms with Crippen molar-refractivity contribution in [2.45, 2.75) is 57.9 Å². The van der Waals surface area contributed by atoms with Crippen molar-refractivity contribution in [1.29, 1.82) is 0 Å². The van der Waals surface area contributed by atoms with Crippen molar-refractivity contribution in [3.8, 4) is 0 Å². The van der Waals surface area contributed by atoms with Crippen LogP contribution in [0.1, 0.15) is 56.6 Å². The molecule has 1 aliphatic rings. The minimum Gasteiger partial charge on any atom is -0.321 e. The molecule has 1 saturated carbocycles. The molecule has 17 heavy (non-hydrogen) atoms. The van der Waals surface area contributed by atoms with Crippen LogP contribution < -0.4 is 5.73 Å². The molecule has 1 aromatic heterocycles. The van der Waals surface area contributed by atoms with Gasteiger partial charge in [-0.2, -0.15) is 0 Å². The molecule has 0 spiro atoms. The van der Waals surface area contributed by atoms with Crippen LogP contribution in [0.25, 0.3) is 0 Å². The van der Waals surface area contributed by atoms with Crippen LogP contribution in [-0.2, 0) is 5.54 Å². The van der Waals surface area contributed by atoms with Crippen LogP contribution in [0, 0.1) is 12.8 Å².